The van der Waals surface area contributed by atoms with Crippen LogP contribution in [0.15, 0.2) is 24.4 Å². The number of hydrogen-bond donors (Lipinski definition) is 1. The van der Waals surface area contributed by atoms with Crippen LogP contribution in [0.1, 0.15) is 15.2 Å². The van der Waals surface area contributed by atoms with Crippen molar-refractivity contribution in [1.29, 1.82) is 0 Å². The number of aryl methyl sites for hydroxylation is 1. The molecule has 1 aromatic carbocycles. The number of aromatic nitrogens is 1. The average molecular weight is 249 g/mol. The lowest BCUT2D eigenvalue weighted by molar-refractivity contribution is 0.0600. The highest BCUT2D eigenvalue weighted by molar-refractivity contribution is 7.14. The van der Waals surface area contributed by atoms with Gasteiger partial charge in [-0.1, -0.05) is 0 Å². The summed E-state index contributed by atoms with van der Waals surface area (Å²) in [7, 11) is 1.31. The summed E-state index contributed by atoms with van der Waals surface area (Å²) in [6.45, 7) is 1.95. The second kappa shape index (κ2) is 4.55. The van der Waals surface area contributed by atoms with E-state index in [9.17, 15) is 9.90 Å². The molecular weight excluding hydrogens is 238 g/mol. The highest BCUT2D eigenvalue weighted by Gasteiger charge is 2.11. The lowest BCUT2D eigenvalue weighted by Gasteiger charge is -2.03. The number of nitrogens with zero attached hydrogens (tertiary/aromatic N) is 1. The predicted octanol–water partition coefficient (Wildman–Crippen LogP) is 2.61. The quantitative estimate of drug-likeness (QED) is 0.831. The second-order valence-corrected chi connectivity index (χ2v) is 4.77. The first kappa shape index (κ1) is 11.6. The normalized spacial score (nSPS) is 10.2. The number of ether oxygens (including phenoxy) is 1. The van der Waals surface area contributed by atoms with Crippen LogP contribution in [0.2, 0.25) is 0 Å². The van der Waals surface area contributed by atoms with E-state index in [0.29, 0.717) is 11.1 Å². The van der Waals surface area contributed by atoms with Crippen molar-refractivity contribution in [3.63, 3.8) is 0 Å². The molecule has 0 spiro atoms. The van der Waals surface area contributed by atoms with E-state index in [1.54, 1.807) is 18.3 Å². The maximum Gasteiger partial charge on any atom is 0.338 e. The molecule has 2 rings (SSSR count). The molecule has 0 unspecified atom stereocenters. The van der Waals surface area contributed by atoms with Gasteiger partial charge in [0, 0.05) is 16.6 Å². The second-order valence-electron chi connectivity index (χ2n) is 3.54. The molecule has 0 saturated carbocycles. The zero-order chi connectivity index (χ0) is 12.4. The third-order valence-corrected chi connectivity index (χ3v) is 3.17. The number of esters is 1. The summed E-state index contributed by atoms with van der Waals surface area (Å²) in [5.74, 6) is -0.453. The van der Waals surface area contributed by atoms with Crippen LogP contribution in [0.3, 0.4) is 0 Å². The summed E-state index contributed by atoms with van der Waals surface area (Å²) in [6.07, 6.45) is 1.75. The molecule has 17 heavy (non-hydrogen) atoms. The number of phenols is 1. The van der Waals surface area contributed by atoms with Crippen molar-refractivity contribution in [2.24, 2.45) is 0 Å². The molecule has 1 N–H and O–H groups in total. The van der Waals surface area contributed by atoms with Crippen molar-refractivity contribution in [2.75, 3.05) is 7.11 Å². The van der Waals surface area contributed by atoms with E-state index in [2.05, 4.69) is 9.72 Å². The van der Waals surface area contributed by atoms with Crippen molar-refractivity contribution >= 4 is 17.3 Å². The van der Waals surface area contributed by atoms with Gasteiger partial charge in [-0.05, 0) is 25.1 Å². The first-order chi connectivity index (χ1) is 8.10. The summed E-state index contributed by atoms with van der Waals surface area (Å²) in [5.41, 5.74) is 1.03. The van der Waals surface area contributed by atoms with E-state index in [1.807, 2.05) is 6.92 Å². The summed E-state index contributed by atoms with van der Waals surface area (Å²) in [6, 6.07) is 4.60. The summed E-state index contributed by atoms with van der Waals surface area (Å²) < 4.78 is 4.62. The van der Waals surface area contributed by atoms with E-state index < -0.39 is 5.97 Å². The Morgan fingerprint density at radius 1 is 1.41 bits per heavy atom. The molecular formula is C12H11NO3S. The number of phenolic OH excluding ortho intramolecular Hbond substituents is 1. The molecule has 1 aromatic heterocycles. The standard InChI is InChI=1S/C12H11NO3S/c1-7-6-13-11(17-7)8-3-9(12(15)16-2)5-10(14)4-8/h3-6,14H,1-2H3. The van der Waals surface area contributed by atoms with Gasteiger partial charge in [-0.15, -0.1) is 11.3 Å². The Hall–Kier alpha value is -1.88. The third-order valence-electron chi connectivity index (χ3n) is 2.21. The molecule has 0 atom stereocenters. The molecule has 0 aliphatic rings. The molecule has 0 radical (unpaired) electrons. The number of carbonyl (C=O) groups excluding carboxylic acids is 1. The van der Waals surface area contributed by atoms with Gasteiger partial charge in [0.25, 0.3) is 0 Å². The van der Waals surface area contributed by atoms with Crippen LogP contribution >= 0.6 is 11.3 Å². The van der Waals surface area contributed by atoms with Crippen LogP contribution in [-0.2, 0) is 4.74 Å². The minimum absolute atomic E-state index is 0.0238. The van der Waals surface area contributed by atoms with Gasteiger partial charge in [-0.2, -0.15) is 0 Å². The zero-order valence-corrected chi connectivity index (χ0v) is 10.2. The minimum atomic E-state index is -0.476. The fraction of sp³-hybridized carbons (Fsp3) is 0.167. The summed E-state index contributed by atoms with van der Waals surface area (Å²) in [5, 5.41) is 10.3. The molecule has 0 aliphatic heterocycles. The number of aromatic hydroxyl groups is 1. The molecule has 0 aliphatic carbocycles. The largest absolute Gasteiger partial charge is 0.508 e. The van der Waals surface area contributed by atoms with Gasteiger partial charge in [-0.25, -0.2) is 9.78 Å². The Morgan fingerprint density at radius 3 is 2.76 bits per heavy atom. The van der Waals surface area contributed by atoms with Crippen LogP contribution in [0, 0.1) is 6.92 Å². The highest BCUT2D eigenvalue weighted by atomic mass is 32.1. The van der Waals surface area contributed by atoms with Crippen molar-refractivity contribution in [2.45, 2.75) is 6.92 Å². The predicted molar refractivity (Wildman–Crippen MR) is 65.3 cm³/mol. The van der Waals surface area contributed by atoms with Gasteiger partial charge in [0.05, 0.1) is 12.7 Å². The van der Waals surface area contributed by atoms with Crippen LogP contribution in [0.25, 0.3) is 10.6 Å². The number of thiazole rings is 1. The Morgan fingerprint density at radius 2 is 2.18 bits per heavy atom. The molecule has 0 bridgehead atoms. The van der Waals surface area contributed by atoms with Crippen molar-refractivity contribution in [1.82, 2.24) is 4.98 Å². The maximum absolute atomic E-state index is 11.4. The number of benzene rings is 1. The maximum atomic E-state index is 11.4. The van der Waals surface area contributed by atoms with Gasteiger partial charge in [-0.3, -0.25) is 0 Å². The topological polar surface area (TPSA) is 59.4 Å². The van der Waals surface area contributed by atoms with Crippen molar-refractivity contribution in [3.05, 3.63) is 34.8 Å². The first-order valence-corrected chi connectivity index (χ1v) is 5.77. The zero-order valence-electron chi connectivity index (χ0n) is 9.43. The van der Waals surface area contributed by atoms with Gasteiger partial charge in [0.15, 0.2) is 0 Å². The lowest BCUT2D eigenvalue weighted by atomic mass is 10.1. The molecule has 0 saturated heterocycles. The van der Waals surface area contributed by atoms with Crippen molar-refractivity contribution < 1.29 is 14.6 Å². The van der Waals surface area contributed by atoms with Gasteiger partial charge in [0.2, 0.25) is 0 Å². The number of methoxy groups -OCH3 is 1. The Kier molecular flexibility index (Phi) is 3.10. The Bertz CT molecular complexity index is 563. The molecule has 88 valence electrons. The van der Waals surface area contributed by atoms with Crippen LogP contribution < -0.4 is 0 Å². The Labute approximate surface area is 103 Å². The fourth-order valence-electron chi connectivity index (χ4n) is 1.46. The van der Waals surface area contributed by atoms with Crippen molar-refractivity contribution in [3.8, 4) is 16.3 Å². The van der Waals surface area contributed by atoms with Crippen LogP contribution in [0.4, 0.5) is 0 Å². The molecule has 1 heterocycles. The van der Waals surface area contributed by atoms with E-state index >= 15 is 0 Å². The minimum Gasteiger partial charge on any atom is -0.508 e. The summed E-state index contributed by atoms with van der Waals surface area (Å²) in [4.78, 5) is 16.7. The first-order valence-electron chi connectivity index (χ1n) is 4.95. The molecule has 0 amide bonds. The van der Waals surface area contributed by atoms with Crippen LogP contribution in [-0.4, -0.2) is 23.2 Å². The number of rotatable bonds is 2. The van der Waals surface area contributed by atoms with Gasteiger partial charge < -0.3 is 9.84 Å². The highest BCUT2D eigenvalue weighted by Crippen LogP contribution is 2.28. The third kappa shape index (κ3) is 2.45. The average Bonchev–Trinajstić information content (AvgIpc) is 2.74. The van der Waals surface area contributed by atoms with Crippen LogP contribution in [0.5, 0.6) is 5.75 Å². The fourth-order valence-corrected chi connectivity index (χ4v) is 2.21. The molecule has 4 nitrogen and oxygen atoms in total. The van der Waals surface area contributed by atoms with E-state index in [-0.39, 0.29) is 5.75 Å². The number of carbonyl (C=O) groups is 1. The van der Waals surface area contributed by atoms with E-state index in [0.717, 1.165) is 9.88 Å². The molecule has 0 fully saturated rings. The Balaban J connectivity index is 2.48. The molecule has 5 heteroatoms. The van der Waals surface area contributed by atoms with Gasteiger partial charge >= 0.3 is 5.97 Å². The molecule has 2 aromatic rings. The van der Waals surface area contributed by atoms with E-state index in [4.69, 9.17) is 0 Å². The van der Waals surface area contributed by atoms with Gasteiger partial charge in [0.1, 0.15) is 10.8 Å². The summed E-state index contributed by atoms with van der Waals surface area (Å²) >= 11 is 1.50. The monoisotopic (exact) mass is 249 g/mol. The smallest absolute Gasteiger partial charge is 0.338 e. The number of hydrogen-bond acceptors (Lipinski definition) is 5. The SMILES string of the molecule is COC(=O)c1cc(O)cc(-c2ncc(C)s2)c1. The lowest BCUT2D eigenvalue weighted by Crippen LogP contribution is -2.00. The van der Waals surface area contributed by atoms with E-state index in [1.165, 1.54) is 24.5 Å².